The summed E-state index contributed by atoms with van der Waals surface area (Å²) in [7, 11) is 1.68. The van der Waals surface area contributed by atoms with Crippen LogP contribution in [-0.4, -0.2) is 29.0 Å². The Hall–Kier alpha value is -3.53. The minimum atomic E-state index is 0.103. The molecule has 5 rings (SSSR count). The summed E-state index contributed by atoms with van der Waals surface area (Å²) in [5, 5.41) is 1.12. The van der Waals surface area contributed by atoms with Crippen molar-refractivity contribution in [2.75, 3.05) is 13.7 Å². The number of methoxy groups -OCH3 is 1. The van der Waals surface area contributed by atoms with Gasteiger partial charge in [0.15, 0.2) is 0 Å². The summed E-state index contributed by atoms with van der Waals surface area (Å²) in [6, 6.07) is 26.6. The second-order valence-corrected chi connectivity index (χ2v) is 7.74. The number of hydrogen-bond donors (Lipinski definition) is 0. The molecule has 0 aliphatic carbocycles. The van der Waals surface area contributed by atoms with Gasteiger partial charge >= 0.3 is 0 Å². The Balaban J connectivity index is 1.61. The van der Waals surface area contributed by atoms with E-state index < -0.39 is 0 Å². The molecule has 2 heterocycles. The summed E-state index contributed by atoms with van der Waals surface area (Å²) in [6.45, 7) is 2.03. The van der Waals surface area contributed by atoms with E-state index >= 15 is 0 Å². The maximum Gasteiger partial charge on any atom is 0.271 e. The van der Waals surface area contributed by atoms with Crippen LogP contribution >= 0.6 is 0 Å². The Kier molecular flexibility index (Phi) is 4.75. The first kappa shape index (κ1) is 18.5. The van der Waals surface area contributed by atoms with Gasteiger partial charge in [0.1, 0.15) is 11.4 Å². The summed E-state index contributed by atoms with van der Waals surface area (Å²) in [6.07, 6.45) is 0.847. The summed E-state index contributed by atoms with van der Waals surface area (Å²) in [5.41, 5.74) is 5.36. The second kappa shape index (κ2) is 7.71. The molecule has 4 nitrogen and oxygen atoms in total. The SMILES string of the molecule is COc1ccc2c(c1)c1c(n2Cc2ccccc2)C(=O)N(Cc2ccccc2)CC1. The van der Waals surface area contributed by atoms with Crippen molar-refractivity contribution in [2.45, 2.75) is 19.5 Å². The first-order valence-electron chi connectivity index (χ1n) is 10.3. The fourth-order valence-electron chi connectivity index (χ4n) is 4.41. The highest BCUT2D eigenvalue weighted by Gasteiger charge is 2.31. The Labute approximate surface area is 176 Å². The third-order valence-corrected chi connectivity index (χ3v) is 5.90. The standard InChI is InChI=1S/C26H24N2O2/c1-30-21-12-13-24-23(16-21)22-14-15-27(17-19-8-4-2-5-9-19)26(29)25(22)28(24)18-20-10-6-3-7-11-20/h2-13,16H,14-15,17-18H2,1H3. The molecular formula is C26H24N2O2. The number of ether oxygens (including phenoxy) is 1. The molecule has 1 aromatic heterocycles. The number of fused-ring (bicyclic) bond motifs is 3. The van der Waals surface area contributed by atoms with E-state index in [0.29, 0.717) is 13.1 Å². The van der Waals surface area contributed by atoms with Crippen LogP contribution in [0.15, 0.2) is 78.9 Å². The zero-order valence-corrected chi connectivity index (χ0v) is 17.0. The van der Waals surface area contributed by atoms with E-state index in [1.807, 2.05) is 47.4 Å². The number of carbonyl (C=O) groups excluding carboxylic acids is 1. The third-order valence-electron chi connectivity index (χ3n) is 5.90. The van der Waals surface area contributed by atoms with Gasteiger partial charge in [-0.05, 0) is 41.3 Å². The lowest BCUT2D eigenvalue weighted by Gasteiger charge is -2.28. The third kappa shape index (κ3) is 3.24. The van der Waals surface area contributed by atoms with Gasteiger partial charge in [0.25, 0.3) is 5.91 Å². The van der Waals surface area contributed by atoms with Crippen LogP contribution in [0, 0.1) is 0 Å². The van der Waals surface area contributed by atoms with E-state index in [2.05, 4.69) is 41.0 Å². The number of hydrogen-bond acceptors (Lipinski definition) is 2. The lowest BCUT2D eigenvalue weighted by molar-refractivity contribution is 0.0716. The zero-order valence-electron chi connectivity index (χ0n) is 17.0. The van der Waals surface area contributed by atoms with Gasteiger partial charge in [-0.2, -0.15) is 0 Å². The molecule has 0 spiro atoms. The van der Waals surface area contributed by atoms with E-state index in [1.54, 1.807) is 7.11 Å². The Bertz CT molecular complexity index is 1200. The van der Waals surface area contributed by atoms with Crippen molar-refractivity contribution in [3.8, 4) is 5.75 Å². The summed E-state index contributed by atoms with van der Waals surface area (Å²) in [5.74, 6) is 0.924. The van der Waals surface area contributed by atoms with Crippen LogP contribution in [0.4, 0.5) is 0 Å². The first-order chi connectivity index (χ1) is 14.7. The molecule has 0 radical (unpaired) electrons. The van der Waals surface area contributed by atoms with Gasteiger partial charge in [-0.15, -0.1) is 0 Å². The second-order valence-electron chi connectivity index (χ2n) is 7.74. The normalized spacial score (nSPS) is 13.5. The Morgan fingerprint density at radius 3 is 2.20 bits per heavy atom. The molecule has 3 aromatic carbocycles. The molecule has 0 saturated carbocycles. The molecule has 0 bridgehead atoms. The highest BCUT2D eigenvalue weighted by atomic mass is 16.5. The molecule has 0 atom stereocenters. The van der Waals surface area contributed by atoms with Crippen LogP contribution in [0.5, 0.6) is 5.75 Å². The number of benzene rings is 3. The van der Waals surface area contributed by atoms with Crippen molar-refractivity contribution in [3.63, 3.8) is 0 Å². The minimum absolute atomic E-state index is 0.103. The van der Waals surface area contributed by atoms with Crippen LogP contribution in [0.2, 0.25) is 0 Å². The minimum Gasteiger partial charge on any atom is -0.497 e. The molecule has 0 unspecified atom stereocenters. The summed E-state index contributed by atoms with van der Waals surface area (Å²) >= 11 is 0. The molecule has 0 N–H and O–H groups in total. The van der Waals surface area contributed by atoms with Crippen molar-refractivity contribution in [1.82, 2.24) is 9.47 Å². The van der Waals surface area contributed by atoms with E-state index in [4.69, 9.17) is 4.74 Å². The molecule has 0 fully saturated rings. The molecule has 1 amide bonds. The van der Waals surface area contributed by atoms with E-state index in [0.717, 1.165) is 46.4 Å². The number of aromatic nitrogens is 1. The Morgan fingerprint density at radius 1 is 0.867 bits per heavy atom. The number of amides is 1. The van der Waals surface area contributed by atoms with Gasteiger partial charge in [-0.25, -0.2) is 0 Å². The van der Waals surface area contributed by atoms with Crippen LogP contribution in [0.3, 0.4) is 0 Å². The lowest BCUT2D eigenvalue weighted by Crippen LogP contribution is -2.38. The fourth-order valence-corrected chi connectivity index (χ4v) is 4.41. The average Bonchev–Trinajstić information content (AvgIpc) is 3.10. The van der Waals surface area contributed by atoms with Gasteiger partial charge in [-0.1, -0.05) is 60.7 Å². The maximum atomic E-state index is 13.6. The smallest absolute Gasteiger partial charge is 0.271 e. The van der Waals surface area contributed by atoms with E-state index in [9.17, 15) is 4.79 Å². The van der Waals surface area contributed by atoms with Crippen LogP contribution in [0.25, 0.3) is 10.9 Å². The van der Waals surface area contributed by atoms with Crippen molar-refractivity contribution in [3.05, 3.63) is 101 Å². The molecular weight excluding hydrogens is 372 g/mol. The predicted octanol–water partition coefficient (Wildman–Crippen LogP) is 4.90. The largest absolute Gasteiger partial charge is 0.497 e. The van der Waals surface area contributed by atoms with Crippen molar-refractivity contribution in [1.29, 1.82) is 0 Å². The summed E-state index contributed by atoms with van der Waals surface area (Å²) in [4.78, 5) is 15.6. The molecule has 30 heavy (non-hydrogen) atoms. The maximum absolute atomic E-state index is 13.6. The predicted molar refractivity (Wildman–Crippen MR) is 119 cm³/mol. The van der Waals surface area contributed by atoms with Crippen LogP contribution < -0.4 is 4.74 Å². The number of carbonyl (C=O) groups is 1. The monoisotopic (exact) mass is 396 g/mol. The van der Waals surface area contributed by atoms with Crippen LogP contribution in [-0.2, 0) is 19.5 Å². The van der Waals surface area contributed by atoms with E-state index in [-0.39, 0.29) is 5.91 Å². The van der Waals surface area contributed by atoms with E-state index in [1.165, 1.54) is 5.56 Å². The zero-order chi connectivity index (χ0) is 20.5. The number of rotatable bonds is 5. The molecule has 4 aromatic rings. The molecule has 1 aliphatic heterocycles. The molecule has 150 valence electrons. The molecule has 4 heteroatoms. The van der Waals surface area contributed by atoms with Gasteiger partial charge < -0.3 is 14.2 Å². The summed E-state index contributed by atoms with van der Waals surface area (Å²) < 4.78 is 7.64. The van der Waals surface area contributed by atoms with Gasteiger partial charge in [0.05, 0.1) is 7.11 Å². The fraction of sp³-hybridized carbons (Fsp3) is 0.192. The molecule has 0 saturated heterocycles. The average molecular weight is 396 g/mol. The van der Waals surface area contributed by atoms with Crippen molar-refractivity contribution >= 4 is 16.8 Å². The highest BCUT2D eigenvalue weighted by Crippen LogP contribution is 2.34. The van der Waals surface area contributed by atoms with Crippen molar-refractivity contribution < 1.29 is 9.53 Å². The van der Waals surface area contributed by atoms with Gasteiger partial charge in [0.2, 0.25) is 0 Å². The van der Waals surface area contributed by atoms with Gasteiger partial charge in [0, 0.05) is 30.5 Å². The van der Waals surface area contributed by atoms with Gasteiger partial charge in [-0.3, -0.25) is 4.79 Å². The number of nitrogens with zero attached hydrogens (tertiary/aromatic N) is 2. The Morgan fingerprint density at radius 2 is 1.53 bits per heavy atom. The quantitative estimate of drug-likeness (QED) is 0.481. The topological polar surface area (TPSA) is 34.5 Å². The highest BCUT2D eigenvalue weighted by molar-refractivity contribution is 6.03. The van der Waals surface area contributed by atoms with Crippen molar-refractivity contribution in [2.24, 2.45) is 0 Å². The lowest BCUT2D eigenvalue weighted by atomic mass is 10.0. The van der Waals surface area contributed by atoms with Crippen LogP contribution in [0.1, 0.15) is 27.2 Å². The molecule has 1 aliphatic rings. The first-order valence-corrected chi connectivity index (χ1v) is 10.3.